The van der Waals surface area contributed by atoms with Crippen LogP contribution in [-0.4, -0.2) is 3.92 Å². The van der Waals surface area contributed by atoms with Crippen LogP contribution < -0.4 is 0 Å². The van der Waals surface area contributed by atoms with Gasteiger partial charge in [-0.2, -0.15) is 0 Å². The Morgan fingerprint density at radius 3 is 3.00 bits per heavy atom. The van der Waals surface area contributed by atoms with E-state index in [2.05, 4.69) is 34.7 Å². The second kappa shape index (κ2) is 2.84. The Bertz CT molecular complexity index is 151. The molecule has 1 saturated carbocycles. The maximum Gasteiger partial charge on any atom is 0.0178 e. The summed E-state index contributed by atoms with van der Waals surface area (Å²) >= 11 is 2.62. The van der Waals surface area contributed by atoms with Crippen molar-refractivity contribution in [3.8, 4) is 0 Å². The number of rotatable bonds is 0. The zero-order chi connectivity index (χ0) is 6.97. The van der Waals surface area contributed by atoms with Crippen molar-refractivity contribution in [3.63, 3.8) is 0 Å². The zero-order valence-corrected chi connectivity index (χ0v) is 8.25. The largest absolute Gasteiger partial charge is 0.0872 e. The van der Waals surface area contributed by atoms with Gasteiger partial charge in [0, 0.05) is 3.92 Å². The number of hydrogen-bond donors (Lipinski definition) is 0. The average Bonchev–Trinajstić information content (AvgIpc) is 2.36. The molecule has 0 nitrogen and oxygen atoms in total. The van der Waals surface area contributed by atoms with Gasteiger partial charge in [0.15, 0.2) is 0 Å². The second-order valence-corrected chi connectivity index (χ2v) is 5.04. The number of halogens is 1. The lowest BCUT2D eigenvalue weighted by Gasteiger charge is -2.25. The Kier molecular flexibility index (Phi) is 2.03. The Labute approximate surface area is 76.2 Å². The van der Waals surface area contributed by atoms with Crippen molar-refractivity contribution in [1.82, 2.24) is 0 Å². The lowest BCUT2D eigenvalue weighted by molar-refractivity contribution is 0.435. The summed E-state index contributed by atoms with van der Waals surface area (Å²) in [5.41, 5.74) is 0. The van der Waals surface area contributed by atoms with Crippen LogP contribution in [0.25, 0.3) is 0 Å². The van der Waals surface area contributed by atoms with Crippen molar-refractivity contribution >= 4 is 22.6 Å². The molecular formula is C9H13I. The van der Waals surface area contributed by atoms with E-state index in [4.69, 9.17) is 0 Å². The third kappa shape index (κ3) is 1.13. The highest BCUT2D eigenvalue weighted by molar-refractivity contribution is 14.1. The average molecular weight is 248 g/mol. The van der Waals surface area contributed by atoms with E-state index in [9.17, 15) is 0 Å². The van der Waals surface area contributed by atoms with Crippen LogP contribution in [0, 0.1) is 11.8 Å². The van der Waals surface area contributed by atoms with Gasteiger partial charge in [-0.25, -0.2) is 0 Å². The van der Waals surface area contributed by atoms with Gasteiger partial charge in [-0.15, -0.1) is 0 Å². The van der Waals surface area contributed by atoms with Crippen LogP contribution in [0.4, 0.5) is 0 Å². The topological polar surface area (TPSA) is 0 Å². The zero-order valence-electron chi connectivity index (χ0n) is 6.09. The van der Waals surface area contributed by atoms with Gasteiger partial charge in [0.25, 0.3) is 0 Å². The van der Waals surface area contributed by atoms with E-state index in [1.807, 2.05) is 0 Å². The highest BCUT2D eigenvalue weighted by Crippen LogP contribution is 2.41. The molecule has 2 aliphatic carbocycles. The molecule has 0 spiro atoms. The minimum absolute atomic E-state index is 0.940. The van der Waals surface area contributed by atoms with Gasteiger partial charge in [0.2, 0.25) is 0 Å². The molecule has 0 aromatic carbocycles. The van der Waals surface area contributed by atoms with Crippen LogP contribution in [0.2, 0.25) is 0 Å². The van der Waals surface area contributed by atoms with Gasteiger partial charge in [-0.1, -0.05) is 41.2 Å². The molecular weight excluding hydrogens is 235 g/mol. The summed E-state index contributed by atoms with van der Waals surface area (Å²) in [6.07, 6.45) is 10.6. The van der Waals surface area contributed by atoms with E-state index in [-0.39, 0.29) is 0 Å². The van der Waals surface area contributed by atoms with Crippen molar-refractivity contribution in [3.05, 3.63) is 12.2 Å². The number of hydrogen-bond acceptors (Lipinski definition) is 0. The van der Waals surface area contributed by atoms with E-state index < -0.39 is 0 Å². The summed E-state index contributed by atoms with van der Waals surface area (Å²) in [4.78, 5) is 0. The SMILES string of the molecule is IC1CC=CC2CCCC12. The van der Waals surface area contributed by atoms with Crippen LogP contribution >= 0.6 is 22.6 Å². The van der Waals surface area contributed by atoms with Crippen LogP contribution in [0.5, 0.6) is 0 Å². The highest BCUT2D eigenvalue weighted by Gasteiger charge is 2.32. The summed E-state index contributed by atoms with van der Waals surface area (Å²) in [6, 6.07) is 0. The third-order valence-electron chi connectivity index (χ3n) is 2.83. The molecule has 3 atom stereocenters. The lowest BCUT2D eigenvalue weighted by Crippen LogP contribution is -2.20. The van der Waals surface area contributed by atoms with E-state index in [0.717, 1.165) is 15.8 Å². The van der Waals surface area contributed by atoms with Crippen molar-refractivity contribution < 1.29 is 0 Å². The fraction of sp³-hybridized carbons (Fsp3) is 0.778. The summed E-state index contributed by atoms with van der Waals surface area (Å²) in [5, 5.41) is 0. The molecule has 0 aromatic heterocycles. The first kappa shape index (κ1) is 7.14. The Morgan fingerprint density at radius 1 is 1.30 bits per heavy atom. The first-order valence-corrected chi connectivity index (χ1v) is 5.43. The molecule has 0 amide bonds. The molecule has 1 heteroatoms. The van der Waals surface area contributed by atoms with Gasteiger partial charge in [0.05, 0.1) is 0 Å². The smallest absolute Gasteiger partial charge is 0.0178 e. The van der Waals surface area contributed by atoms with E-state index >= 15 is 0 Å². The van der Waals surface area contributed by atoms with Gasteiger partial charge in [-0.3, -0.25) is 0 Å². The maximum atomic E-state index is 2.62. The molecule has 0 aromatic rings. The number of allylic oxidation sites excluding steroid dienone is 2. The molecule has 0 heterocycles. The fourth-order valence-corrected chi connectivity index (χ4v) is 3.45. The first-order valence-electron chi connectivity index (χ1n) is 4.18. The van der Waals surface area contributed by atoms with E-state index in [0.29, 0.717) is 0 Å². The van der Waals surface area contributed by atoms with Gasteiger partial charge >= 0.3 is 0 Å². The normalized spacial score (nSPS) is 45.5. The minimum Gasteiger partial charge on any atom is -0.0872 e. The molecule has 0 saturated heterocycles. The molecule has 2 aliphatic rings. The van der Waals surface area contributed by atoms with E-state index in [1.54, 1.807) is 0 Å². The van der Waals surface area contributed by atoms with Crippen molar-refractivity contribution in [2.24, 2.45) is 11.8 Å². The Hall–Kier alpha value is 0.470. The summed E-state index contributed by atoms with van der Waals surface area (Å²) in [6.45, 7) is 0. The van der Waals surface area contributed by atoms with Crippen LogP contribution in [0.1, 0.15) is 25.7 Å². The molecule has 0 N–H and O–H groups in total. The Balaban J connectivity index is 2.14. The predicted octanol–water partition coefficient (Wildman–Crippen LogP) is 3.17. The summed E-state index contributed by atoms with van der Waals surface area (Å²) < 4.78 is 0.940. The quantitative estimate of drug-likeness (QED) is 0.351. The number of fused-ring (bicyclic) bond motifs is 1. The predicted molar refractivity (Wildman–Crippen MR) is 52.4 cm³/mol. The first-order chi connectivity index (χ1) is 4.88. The summed E-state index contributed by atoms with van der Waals surface area (Å²) in [5.74, 6) is 1.99. The number of alkyl halides is 1. The standard InChI is InChI=1S/C9H13I/c10-9-6-2-4-7-3-1-5-8(7)9/h2,4,7-9H,1,3,5-6H2. The van der Waals surface area contributed by atoms with Gasteiger partial charge < -0.3 is 0 Å². The van der Waals surface area contributed by atoms with Gasteiger partial charge in [-0.05, 0) is 31.1 Å². The molecule has 0 bridgehead atoms. The highest BCUT2D eigenvalue weighted by atomic mass is 127. The van der Waals surface area contributed by atoms with Crippen LogP contribution in [0.15, 0.2) is 12.2 Å². The van der Waals surface area contributed by atoms with Crippen LogP contribution in [-0.2, 0) is 0 Å². The third-order valence-corrected chi connectivity index (χ3v) is 4.27. The molecule has 0 aliphatic heterocycles. The fourth-order valence-electron chi connectivity index (χ4n) is 2.26. The molecule has 10 heavy (non-hydrogen) atoms. The Morgan fingerprint density at radius 2 is 2.20 bits per heavy atom. The second-order valence-electron chi connectivity index (χ2n) is 3.44. The molecule has 1 fully saturated rings. The van der Waals surface area contributed by atoms with Crippen molar-refractivity contribution in [2.45, 2.75) is 29.6 Å². The maximum absolute atomic E-state index is 2.62. The molecule has 0 radical (unpaired) electrons. The van der Waals surface area contributed by atoms with E-state index in [1.165, 1.54) is 25.7 Å². The van der Waals surface area contributed by atoms with Crippen molar-refractivity contribution in [1.29, 1.82) is 0 Å². The van der Waals surface area contributed by atoms with Crippen molar-refractivity contribution in [2.75, 3.05) is 0 Å². The molecule has 56 valence electrons. The monoisotopic (exact) mass is 248 g/mol. The summed E-state index contributed by atoms with van der Waals surface area (Å²) in [7, 11) is 0. The van der Waals surface area contributed by atoms with Crippen LogP contribution in [0.3, 0.4) is 0 Å². The van der Waals surface area contributed by atoms with Gasteiger partial charge in [0.1, 0.15) is 0 Å². The lowest BCUT2D eigenvalue weighted by atomic mass is 9.87. The minimum atomic E-state index is 0.940. The molecule has 2 rings (SSSR count). The molecule has 3 unspecified atom stereocenters.